The number of nitrogens with two attached hydrogens (primary N) is 1. The number of hydrogen-bond donors (Lipinski definition) is 2. The summed E-state index contributed by atoms with van der Waals surface area (Å²) in [7, 11) is -4.26. The van der Waals surface area contributed by atoms with Gasteiger partial charge >= 0.3 is 6.03 Å². The van der Waals surface area contributed by atoms with E-state index in [1.807, 2.05) is 6.92 Å². The van der Waals surface area contributed by atoms with Crippen molar-refractivity contribution in [1.29, 1.82) is 0 Å². The fourth-order valence-electron chi connectivity index (χ4n) is 2.92. The highest BCUT2D eigenvalue weighted by atomic mass is 32.2. The molecule has 0 aromatic heterocycles. The molecule has 0 fully saturated rings. The van der Waals surface area contributed by atoms with Crippen molar-refractivity contribution in [2.24, 2.45) is 5.73 Å². The van der Waals surface area contributed by atoms with Crippen LogP contribution in [-0.2, 0) is 10.0 Å². The van der Waals surface area contributed by atoms with Crippen LogP contribution in [0.5, 0.6) is 5.75 Å². The van der Waals surface area contributed by atoms with Crippen molar-refractivity contribution in [2.75, 3.05) is 16.2 Å². The van der Waals surface area contributed by atoms with Crippen LogP contribution in [0.3, 0.4) is 0 Å². The maximum Gasteiger partial charge on any atom is 0.316 e. The summed E-state index contributed by atoms with van der Waals surface area (Å²) in [5, 5.41) is 2.36. The minimum Gasteiger partial charge on any atom is -0.494 e. The molecule has 3 N–H and O–H groups in total. The number of primary amides is 1. The van der Waals surface area contributed by atoms with Gasteiger partial charge in [0.1, 0.15) is 5.75 Å². The maximum absolute atomic E-state index is 13.5. The molecule has 9 heteroatoms. The zero-order valence-corrected chi connectivity index (χ0v) is 18.2. The lowest BCUT2D eigenvalue weighted by Crippen LogP contribution is -2.37. The largest absolute Gasteiger partial charge is 0.494 e. The monoisotopic (exact) mass is 453 g/mol. The van der Waals surface area contributed by atoms with Crippen molar-refractivity contribution in [1.82, 2.24) is 0 Å². The van der Waals surface area contributed by atoms with Crippen LogP contribution in [0.2, 0.25) is 0 Å². The van der Waals surface area contributed by atoms with Crippen LogP contribution in [-0.4, -0.2) is 27.0 Å². The molecule has 0 saturated carbocycles. The van der Waals surface area contributed by atoms with Gasteiger partial charge in [-0.1, -0.05) is 25.1 Å². The van der Waals surface area contributed by atoms with Gasteiger partial charge in [-0.3, -0.25) is 4.79 Å². The van der Waals surface area contributed by atoms with E-state index in [0.29, 0.717) is 18.0 Å². The van der Waals surface area contributed by atoms with Gasteiger partial charge < -0.3 is 15.8 Å². The second kappa shape index (κ2) is 9.97. The number of amides is 3. The highest BCUT2D eigenvalue weighted by Gasteiger charge is 2.31. The van der Waals surface area contributed by atoms with Crippen molar-refractivity contribution in [3.8, 4) is 5.75 Å². The van der Waals surface area contributed by atoms with E-state index in [0.717, 1.165) is 10.7 Å². The van der Waals surface area contributed by atoms with Crippen LogP contribution in [0.4, 0.5) is 16.2 Å². The molecular weight excluding hydrogens is 430 g/mol. The van der Waals surface area contributed by atoms with Crippen LogP contribution in [0, 0.1) is 0 Å². The Bertz CT molecular complexity index is 1180. The molecule has 0 unspecified atom stereocenters. The topological polar surface area (TPSA) is 119 Å². The molecule has 0 heterocycles. The molecule has 0 bridgehead atoms. The Kier molecular flexibility index (Phi) is 7.11. The quantitative estimate of drug-likeness (QED) is 0.534. The third-order valence-corrected chi connectivity index (χ3v) is 6.13. The Balaban J connectivity index is 1.99. The van der Waals surface area contributed by atoms with Crippen LogP contribution in [0.1, 0.15) is 23.7 Å². The van der Waals surface area contributed by atoms with Crippen LogP contribution in [0.25, 0.3) is 0 Å². The molecule has 0 atom stereocenters. The number of carbonyl (C=O) groups is 2. The van der Waals surface area contributed by atoms with Gasteiger partial charge in [-0.15, -0.1) is 0 Å². The van der Waals surface area contributed by atoms with Gasteiger partial charge in [-0.05, 0) is 67.1 Å². The number of ether oxygens (including phenoxy) is 1. The molecule has 0 aliphatic heterocycles. The molecule has 0 aliphatic carbocycles. The van der Waals surface area contributed by atoms with Crippen LogP contribution < -0.4 is 20.1 Å². The molecule has 0 aliphatic rings. The van der Waals surface area contributed by atoms with E-state index in [9.17, 15) is 18.0 Å². The van der Waals surface area contributed by atoms with Crippen molar-refractivity contribution >= 4 is 33.3 Å². The van der Waals surface area contributed by atoms with E-state index >= 15 is 0 Å². The summed E-state index contributed by atoms with van der Waals surface area (Å²) in [5.74, 6) is -0.118. The van der Waals surface area contributed by atoms with Crippen LogP contribution in [0.15, 0.2) is 83.8 Å². The summed E-state index contributed by atoms with van der Waals surface area (Å²) in [5.41, 5.74) is 5.80. The van der Waals surface area contributed by atoms with E-state index in [4.69, 9.17) is 10.5 Å². The first kappa shape index (κ1) is 22.8. The maximum atomic E-state index is 13.5. The first-order valence-corrected chi connectivity index (χ1v) is 11.3. The molecule has 0 radical (unpaired) electrons. The number of carbonyl (C=O) groups excluding carboxylic acids is 2. The van der Waals surface area contributed by atoms with Gasteiger partial charge in [0.25, 0.3) is 15.9 Å². The molecule has 3 rings (SSSR count). The summed E-state index contributed by atoms with van der Waals surface area (Å²) in [4.78, 5) is 24.2. The van der Waals surface area contributed by atoms with Crippen molar-refractivity contribution < 1.29 is 22.7 Å². The normalized spacial score (nSPS) is 10.9. The van der Waals surface area contributed by atoms with Crippen LogP contribution >= 0.6 is 0 Å². The smallest absolute Gasteiger partial charge is 0.316 e. The summed E-state index contributed by atoms with van der Waals surface area (Å²) in [6, 6.07) is 19.0. The molecule has 0 spiro atoms. The molecular formula is C23H23N3O5S. The third kappa shape index (κ3) is 5.25. The highest BCUT2D eigenvalue weighted by molar-refractivity contribution is 7.93. The lowest BCUT2D eigenvalue weighted by atomic mass is 10.2. The molecule has 3 aromatic carbocycles. The Labute approximate surface area is 186 Å². The van der Waals surface area contributed by atoms with Gasteiger partial charge in [0, 0.05) is 11.3 Å². The Hall–Kier alpha value is -3.85. The molecule has 166 valence electrons. The molecule has 0 saturated heterocycles. The molecule has 8 nitrogen and oxygen atoms in total. The average Bonchev–Trinajstić information content (AvgIpc) is 2.78. The summed E-state index contributed by atoms with van der Waals surface area (Å²) < 4.78 is 33.2. The van der Waals surface area contributed by atoms with Gasteiger partial charge in [0.2, 0.25) is 0 Å². The van der Waals surface area contributed by atoms with Crippen molar-refractivity contribution in [2.45, 2.75) is 18.2 Å². The Morgan fingerprint density at radius 1 is 0.938 bits per heavy atom. The van der Waals surface area contributed by atoms with Crippen molar-refractivity contribution in [3.63, 3.8) is 0 Å². The fraction of sp³-hybridized carbons (Fsp3) is 0.130. The number of anilines is 2. The van der Waals surface area contributed by atoms with E-state index in [1.165, 1.54) is 48.5 Å². The van der Waals surface area contributed by atoms with Gasteiger partial charge in [-0.2, -0.15) is 4.31 Å². The first-order chi connectivity index (χ1) is 15.3. The standard InChI is InChI=1S/C23H23N3O5S/c1-2-16-31-20-12-8-17(9-13-20)22(27)26(19-6-4-3-5-7-19)32(29,30)21-14-10-18(11-15-21)25-23(24)28/h3-15H,2,16H2,1H3,(H3,24,25,28). The van der Waals surface area contributed by atoms with E-state index in [-0.39, 0.29) is 16.1 Å². The Morgan fingerprint density at radius 2 is 1.56 bits per heavy atom. The number of sulfonamides is 1. The lowest BCUT2D eigenvalue weighted by molar-refractivity contribution is 0.101. The number of urea groups is 1. The SMILES string of the molecule is CCCOc1ccc(C(=O)N(c2ccccc2)S(=O)(=O)c2ccc(NC(N)=O)cc2)cc1. The van der Waals surface area contributed by atoms with E-state index < -0.39 is 22.0 Å². The van der Waals surface area contributed by atoms with E-state index in [2.05, 4.69) is 5.32 Å². The third-order valence-electron chi connectivity index (χ3n) is 4.41. The number of hydrogen-bond acceptors (Lipinski definition) is 5. The predicted octanol–water partition coefficient (Wildman–Crippen LogP) is 4.00. The zero-order valence-electron chi connectivity index (χ0n) is 17.4. The highest BCUT2D eigenvalue weighted by Crippen LogP contribution is 2.27. The summed E-state index contributed by atoms with van der Waals surface area (Å²) in [6.07, 6.45) is 0.842. The molecule has 32 heavy (non-hydrogen) atoms. The molecule has 3 aromatic rings. The van der Waals surface area contributed by atoms with Gasteiger partial charge in [0.05, 0.1) is 17.2 Å². The van der Waals surface area contributed by atoms with Crippen molar-refractivity contribution in [3.05, 3.63) is 84.4 Å². The molecule has 3 amide bonds. The van der Waals surface area contributed by atoms with Gasteiger partial charge in [-0.25, -0.2) is 13.2 Å². The first-order valence-electron chi connectivity index (χ1n) is 9.87. The number of nitrogens with one attached hydrogen (secondary N) is 1. The summed E-state index contributed by atoms with van der Waals surface area (Å²) >= 11 is 0. The minimum absolute atomic E-state index is 0.118. The average molecular weight is 454 g/mol. The minimum atomic E-state index is -4.26. The predicted molar refractivity (Wildman–Crippen MR) is 122 cm³/mol. The second-order valence-corrected chi connectivity index (χ2v) is 8.58. The van der Waals surface area contributed by atoms with Gasteiger partial charge in [0.15, 0.2) is 0 Å². The Morgan fingerprint density at radius 3 is 2.12 bits per heavy atom. The number of para-hydroxylation sites is 1. The lowest BCUT2D eigenvalue weighted by Gasteiger charge is -2.23. The fourth-order valence-corrected chi connectivity index (χ4v) is 4.33. The number of nitrogens with zero attached hydrogens (tertiary/aromatic N) is 1. The number of benzene rings is 3. The second-order valence-electron chi connectivity index (χ2n) is 6.80. The number of rotatable bonds is 8. The zero-order chi connectivity index (χ0) is 23.1. The summed E-state index contributed by atoms with van der Waals surface area (Å²) in [6.45, 7) is 2.52. The van der Waals surface area contributed by atoms with E-state index in [1.54, 1.807) is 30.3 Å².